The highest BCUT2D eigenvalue weighted by atomic mass is 19.3. The van der Waals surface area contributed by atoms with E-state index in [1.807, 2.05) is 29.7 Å². The lowest BCUT2D eigenvalue weighted by Crippen LogP contribution is -2.56. The first-order valence-corrected chi connectivity index (χ1v) is 9.56. The molecule has 1 aliphatic rings. The average Bonchev–Trinajstić information content (AvgIpc) is 3.11. The summed E-state index contributed by atoms with van der Waals surface area (Å²) in [5.41, 5.74) is -0.640. The lowest BCUT2D eigenvalue weighted by Gasteiger charge is -2.31. The largest absolute Gasteiger partial charge is 0.489 e. The van der Waals surface area contributed by atoms with Crippen molar-refractivity contribution in [3.05, 3.63) is 77.0 Å². The van der Waals surface area contributed by atoms with Crippen LogP contribution < -0.4 is 10.2 Å². The van der Waals surface area contributed by atoms with Gasteiger partial charge < -0.3 is 9.84 Å². The highest BCUT2D eigenvalue weighted by Crippen LogP contribution is 2.31. The summed E-state index contributed by atoms with van der Waals surface area (Å²) in [6.07, 6.45) is -6.40. The van der Waals surface area contributed by atoms with Gasteiger partial charge in [-0.25, -0.2) is 22.6 Å². The number of hydrogen-bond acceptors (Lipinski definition) is 4. The lowest BCUT2D eigenvalue weighted by molar-refractivity contribution is -0.146. The SMILES string of the molecule is CC(C)c1ccc(OCc2cccc(C(=O)N3NC(C(F)F)=CC3(O)C(F)F)c2)cc1. The van der Waals surface area contributed by atoms with Gasteiger partial charge in [-0.2, -0.15) is 0 Å². The Morgan fingerprint density at radius 1 is 1.13 bits per heavy atom. The monoisotopic (exact) mass is 438 g/mol. The van der Waals surface area contributed by atoms with Gasteiger partial charge in [0.05, 0.1) is 5.70 Å². The molecular formula is C22H22F4N2O3. The molecule has 2 N–H and O–H groups in total. The molecule has 1 unspecified atom stereocenters. The fourth-order valence-electron chi connectivity index (χ4n) is 3.07. The minimum absolute atomic E-state index is 0.0771. The average molecular weight is 438 g/mol. The Balaban J connectivity index is 1.74. The molecule has 0 radical (unpaired) electrons. The summed E-state index contributed by atoms with van der Waals surface area (Å²) in [6, 6.07) is 13.4. The van der Waals surface area contributed by atoms with Crippen molar-refractivity contribution in [1.29, 1.82) is 0 Å². The molecule has 1 aliphatic heterocycles. The van der Waals surface area contributed by atoms with Crippen molar-refractivity contribution < 1.29 is 32.2 Å². The van der Waals surface area contributed by atoms with E-state index in [9.17, 15) is 27.5 Å². The summed E-state index contributed by atoms with van der Waals surface area (Å²) in [6.45, 7) is 4.24. The fourth-order valence-corrected chi connectivity index (χ4v) is 3.07. The predicted molar refractivity (Wildman–Crippen MR) is 106 cm³/mol. The van der Waals surface area contributed by atoms with Crippen LogP contribution in [0, 0.1) is 0 Å². The fraction of sp³-hybridized carbons (Fsp3) is 0.318. The number of hydrazine groups is 1. The molecule has 1 atom stereocenters. The Morgan fingerprint density at radius 2 is 1.81 bits per heavy atom. The molecule has 2 aromatic rings. The third kappa shape index (κ3) is 4.82. The van der Waals surface area contributed by atoms with Crippen LogP contribution in [0.15, 0.2) is 60.3 Å². The maximum atomic E-state index is 13.4. The van der Waals surface area contributed by atoms with Crippen LogP contribution in [0.4, 0.5) is 17.6 Å². The van der Waals surface area contributed by atoms with Crippen molar-refractivity contribution >= 4 is 5.91 Å². The van der Waals surface area contributed by atoms with Crippen molar-refractivity contribution in [2.45, 2.75) is 44.9 Å². The number of benzene rings is 2. The Bertz CT molecular complexity index is 963. The summed E-state index contributed by atoms with van der Waals surface area (Å²) in [5, 5.41) is 10.2. The van der Waals surface area contributed by atoms with Crippen LogP contribution in [0.5, 0.6) is 5.75 Å². The van der Waals surface area contributed by atoms with E-state index in [0.29, 0.717) is 17.2 Å². The third-order valence-electron chi connectivity index (χ3n) is 4.85. The van der Waals surface area contributed by atoms with Crippen LogP contribution in [0.3, 0.4) is 0 Å². The number of carbonyl (C=O) groups excluding carboxylic acids is 1. The molecule has 0 saturated carbocycles. The Morgan fingerprint density at radius 3 is 2.39 bits per heavy atom. The Hall–Kier alpha value is -3.07. The van der Waals surface area contributed by atoms with Crippen molar-refractivity contribution in [1.82, 2.24) is 10.4 Å². The highest BCUT2D eigenvalue weighted by Gasteiger charge is 2.51. The first-order chi connectivity index (χ1) is 14.6. The second-order valence-corrected chi connectivity index (χ2v) is 7.45. The Kier molecular flexibility index (Phi) is 6.54. The zero-order valence-electron chi connectivity index (χ0n) is 16.9. The molecule has 5 nitrogen and oxygen atoms in total. The van der Waals surface area contributed by atoms with Crippen LogP contribution in [0.2, 0.25) is 0 Å². The lowest BCUT2D eigenvalue weighted by atomic mass is 10.0. The van der Waals surface area contributed by atoms with Crippen molar-refractivity contribution in [2.24, 2.45) is 0 Å². The number of rotatable bonds is 7. The zero-order chi connectivity index (χ0) is 22.8. The minimum atomic E-state index is -3.50. The maximum absolute atomic E-state index is 13.4. The van der Waals surface area contributed by atoms with Crippen LogP contribution in [0.1, 0.15) is 41.3 Å². The van der Waals surface area contributed by atoms with E-state index < -0.39 is 30.2 Å². The van der Waals surface area contributed by atoms with Crippen molar-refractivity contribution in [3.8, 4) is 5.75 Å². The van der Waals surface area contributed by atoms with Crippen LogP contribution in [0.25, 0.3) is 0 Å². The summed E-state index contributed by atoms with van der Waals surface area (Å²) in [5.74, 6) is -0.0964. The van der Waals surface area contributed by atoms with E-state index in [1.165, 1.54) is 18.2 Å². The summed E-state index contributed by atoms with van der Waals surface area (Å²) in [4.78, 5) is 12.7. The van der Waals surface area contributed by atoms with E-state index in [2.05, 4.69) is 13.8 Å². The second kappa shape index (κ2) is 8.97. The van der Waals surface area contributed by atoms with Gasteiger partial charge in [-0.05, 0) is 41.3 Å². The van der Waals surface area contributed by atoms with Gasteiger partial charge >= 0.3 is 0 Å². The first-order valence-electron chi connectivity index (χ1n) is 9.56. The molecule has 1 heterocycles. The maximum Gasteiger partial charge on any atom is 0.291 e. The quantitative estimate of drug-likeness (QED) is 0.627. The number of ether oxygens (including phenoxy) is 1. The van der Waals surface area contributed by atoms with Crippen molar-refractivity contribution in [3.63, 3.8) is 0 Å². The van der Waals surface area contributed by atoms with Gasteiger partial charge in [0.1, 0.15) is 12.4 Å². The van der Waals surface area contributed by atoms with Gasteiger partial charge in [0.25, 0.3) is 18.8 Å². The normalized spacial score (nSPS) is 18.5. The zero-order valence-corrected chi connectivity index (χ0v) is 16.9. The Labute approximate surface area is 176 Å². The molecule has 0 aromatic heterocycles. The van der Waals surface area contributed by atoms with Gasteiger partial charge in [-0.15, -0.1) is 0 Å². The van der Waals surface area contributed by atoms with Crippen LogP contribution in [-0.4, -0.2) is 34.6 Å². The number of allylic oxidation sites excluding steroid dienone is 1. The molecule has 2 aromatic carbocycles. The van der Waals surface area contributed by atoms with E-state index in [1.54, 1.807) is 6.07 Å². The number of amides is 1. The molecule has 31 heavy (non-hydrogen) atoms. The summed E-state index contributed by atoms with van der Waals surface area (Å²) >= 11 is 0. The molecule has 0 aliphatic carbocycles. The number of hydrogen-bond donors (Lipinski definition) is 2. The molecule has 0 fully saturated rings. The smallest absolute Gasteiger partial charge is 0.291 e. The van der Waals surface area contributed by atoms with E-state index >= 15 is 0 Å². The number of carbonyl (C=O) groups is 1. The predicted octanol–water partition coefficient (Wildman–Crippen LogP) is 4.45. The topological polar surface area (TPSA) is 61.8 Å². The summed E-state index contributed by atoms with van der Waals surface area (Å²) in [7, 11) is 0. The number of nitrogens with zero attached hydrogens (tertiary/aromatic N) is 1. The van der Waals surface area contributed by atoms with Gasteiger partial charge in [0.15, 0.2) is 0 Å². The van der Waals surface area contributed by atoms with Crippen LogP contribution in [-0.2, 0) is 6.61 Å². The van der Waals surface area contributed by atoms with Gasteiger partial charge in [-0.1, -0.05) is 38.1 Å². The molecule has 9 heteroatoms. The number of halogens is 4. The first kappa shape index (κ1) is 22.6. The standard InChI is InChI=1S/C22H22F4N2O3/c1-13(2)15-6-8-17(9-7-15)31-12-14-4-3-5-16(10-14)20(29)28-22(30,21(25)26)11-18(27-28)19(23)24/h3-11,13,19,21,27,30H,12H2,1-2H3. The van der Waals surface area contributed by atoms with E-state index in [0.717, 1.165) is 5.56 Å². The third-order valence-corrected chi connectivity index (χ3v) is 4.85. The van der Waals surface area contributed by atoms with E-state index in [4.69, 9.17) is 4.74 Å². The number of alkyl halides is 4. The number of nitrogens with one attached hydrogen (secondary N) is 1. The van der Waals surface area contributed by atoms with E-state index in [-0.39, 0.29) is 23.3 Å². The highest BCUT2D eigenvalue weighted by molar-refractivity contribution is 5.95. The molecule has 0 saturated heterocycles. The molecule has 1 amide bonds. The van der Waals surface area contributed by atoms with Gasteiger partial charge in [-0.3, -0.25) is 10.2 Å². The molecule has 166 valence electrons. The van der Waals surface area contributed by atoms with Gasteiger partial charge in [0.2, 0.25) is 5.72 Å². The number of aliphatic hydroxyl groups is 1. The van der Waals surface area contributed by atoms with Crippen LogP contribution >= 0.6 is 0 Å². The molecule has 0 spiro atoms. The summed E-state index contributed by atoms with van der Waals surface area (Å²) < 4.78 is 58.3. The van der Waals surface area contributed by atoms with Crippen molar-refractivity contribution in [2.75, 3.05) is 0 Å². The van der Waals surface area contributed by atoms with Gasteiger partial charge in [0, 0.05) is 11.6 Å². The minimum Gasteiger partial charge on any atom is -0.489 e. The molecular weight excluding hydrogens is 416 g/mol. The molecule has 3 rings (SSSR count). The second-order valence-electron chi connectivity index (χ2n) is 7.45. The molecule has 0 bridgehead atoms.